The van der Waals surface area contributed by atoms with Crippen LogP contribution in [0.4, 0.5) is 4.39 Å². The van der Waals surface area contributed by atoms with E-state index in [2.05, 4.69) is 0 Å². The average Bonchev–Trinajstić information content (AvgIpc) is 2.77. The first kappa shape index (κ1) is 12.8. The van der Waals surface area contributed by atoms with Crippen molar-refractivity contribution in [2.45, 2.75) is 19.4 Å². The number of halogens is 1. The lowest BCUT2D eigenvalue weighted by Crippen LogP contribution is -2.42. The summed E-state index contributed by atoms with van der Waals surface area (Å²) < 4.78 is 18.6. The number of amides is 1. The van der Waals surface area contributed by atoms with Crippen LogP contribution in [0.5, 0.6) is 5.75 Å². The van der Waals surface area contributed by atoms with Gasteiger partial charge in [0, 0.05) is 25.1 Å². The van der Waals surface area contributed by atoms with Gasteiger partial charge in [-0.15, -0.1) is 0 Å². The SMILES string of the molecule is CCN(CCO)C(=O)C1Cc2cc(F)ccc2O1. The second kappa shape index (κ2) is 5.35. The fourth-order valence-electron chi connectivity index (χ4n) is 2.10. The lowest BCUT2D eigenvalue weighted by atomic mass is 10.1. The number of likely N-dealkylation sites (N-methyl/N-ethyl adjacent to an activating group) is 1. The van der Waals surface area contributed by atoms with Gasteiger partial charge in [-0.05, 0) is 25.1 Å². The summed E-state index contributed by atoms with van der Waals surface area (Å²) in [5.74, 6) is 0.0751. The standard InChI is InChI=1S/C13H16FNO3/c1-2-15(5-6-16)13(17)12-8-9-7-10(14)3-4-11(9)18-12/h3-4,7,12,16H,2,5-6,8H2,1H3. The molecule has 0 aliphatic carbocycles. The lowest BCUT2D eigenvalue weighted by molar-refractivity contribution is -0.138. The highest BCUT2D eigenvalue weighted by Crippen LogP contribution is 2.29. The number of hydrogen-bond donors (Lipinski definition) is 1. The largest absolute Gasteiger partial charge is 0.480 e. The summed E-state index contributed by atoms with van der Waals surface area (Å²) in [5.41, 5.74) is 0.716. The topological polar surface area (TPSA) is 49.8 Å². The first-order valence-corrected chi connectivity index (χ1v) is 6.00. The Hall–Kier alpha value is -1.62. The van der Waals surface area contributed by atoms with E-state index in [0.717, 1.165) is 0 Å². The Morgan fingerprint density at radius 2 is 2.39 bits per heavy atom. The minimum absolute atomic E-state index is 0.0755. The second-order valence-electron chi connectivity index (χ2n) is 4.20. The van der Waals surface area contributed by atoms with Crippen LogP contribution in [0.3, 0.4) is 0 Å². The van der Waals surface area contributed by atoms with Crippen LogP contribution >= 0.6 is 0 Å². The molecule has 1 aromatic carbocycles. The Labute approximate surface area is 105 Å². The molecule has 0 bridgehead atoms. The minimum Gasteiger partial charge on any atom is -0.480 e. The quantitative estimate of drug-likeness (QED) is 0.870. The number of benzene rings is 1. The van der Waals surface area contributed by atoms with Crippen LogP contribution in [0.15, 0.2) is 18.2 Å². The molecule has 18 heavy (non-hydrogen) atoms. The molecular weight excluding hydrogens is 237 g/mol. The highest BCUT2D eigenvalue weighted by atomic mass is 19.1. The van der Waals surface area contributed by atoms with Crippen LogP contribution in [0.25, 0.3) is 0 Å². The van der Waals surface area contributed by atoms with E-state index in [9.17, 15) is 9.18 Å². The number of aliphatic hydroxyl groups is 1. The normalized spacial score (nSPS) is 17.2. The van der Waals surface area contributed by atoms with Gasteiger partial charge in [0.05, 0.1) is 6.61 Å². The monoisotopic (exact) mass is 253 g/mol. The maximum absolute atomic E-state index is 13.1. The maximum atomic E-state index is 13.1. The van der Waals surface area contributed by atoms with Crippen LogP contribution in [-0.4, -0.2) is 41.7 Å². The van der Waals surface area contributed by atoms with Crippen molar-refractivity contribution in [1.82, 2.24) is 4.90 Å². The number of hydrogen-bond acceptors (Lipinski definition) is 3. The first-order valence-electron chi connectivity index (χ1n) is 6.00. The molecule has 1 atom stereocenters. The van der Waals surface area contributed by atoms with Gasteiger partial charge in [-0.3, -0.25) is 4.79 Å². The summed E-state index contributed by atoms with van der Waals surface area (Å²) in [6.07, 6.45) is -0.221. The van der Waals surface area contributed by atoms with E-state index in [4.69, 9.17) is 9.84 Å². The van der Waals surface area contributed by atoms with Crippen LogP contribution in [-0.2, 0) is 11.2 Å². The van der Waals surface area contributed by atoms with E-state index >= 15 is 0 Å². The van der Waals surface area contributed by atoms with Crippen LogP contribution in [0.1, 0.15) is 12.5 Å². The van der Waals surface area contributed by atoms with Crippen LogP contribution in [0, 0.1) is 5.82 Å². The zero-order valence-electron chi connectivity index (χ0n) is 10.2. The molecule has 1 heterocycles. The molecule has 1 aliphatic heterocycles. The second-order valence-corrected chi connectivity index (χ2v) is 4.20. The Bertz CT molecular complexity index is 450. The fraction of sp³-hybridized carbons (Fsp3) is 0.462. The highest BCUT2D eigenvalue weighted by molar-refractivity contribution is 5.82. The number of fused-ring (bicyclic) bond motifs is 1. The summed E-state index contributed by atoms with van der Waals surface area (Å²) in [5, 5.41) is 8.89. The molecule has 2 rings (SSSR count). The molecule has 98 valence electrons. The molecule has 1 amide bonds. The van der Waals surface area contributed by atoms with Crippen LogP contribution in [0.2, 0.25) is 0 Å². The summed E-state index contributed by atoms with van der Waals surface area (Å²) in [4.78, 5) is 13.7. The van der Waals surface area contributed by atoms with Crippen molar-refractivity contribution in [2.75, 3.05) is 19.7 Å². The van der Waals surface area contributed by atoms with Gasteiger partial charge < -0.3 is 14.7 Å². The molecule has 0 fully saturated rings. The third kappa shape index (κ3) is 2.46. The Balaban J connectivity index is 2.08. The predicted octanol–water partition coefficient (Wildman–Crippen LogP) is 0.970. The summed E-state index contributed by atoms with van der Waals surface area (Å²) in [6.45, 7) is 2.58. The van der Waals surface area contributed by atoms with Crippen LogP contribution < -0.4 is 4.74 Å². The fourth-order valence-corrected chi connectivity index (χ4v) is 2.10. The van der Waals surface area contributed by atoms with Crippen molar-refractivity contribution in [1.29, 1.82) is 0 Å². The molecule has 4 nitrogen and oxygen atoms in total. The number of nitrogens with zero attached hydrogens (tertiary/aromatic N) is 1. The third-order valence-electron chi connectivity index (χ3n) is 3.04. The Morgan fingerprint density at radius 1 is 1.61 bits per heavy atom. The highest BCUT2D eigenvalue weighted by Gasteiger charge is 2.31. The van der Waals surface area contributed by atoms with E-state index < -0.39 is 6.10 Å². The zero-order chi connectivity index (χ0) is 13.1. The average molecular weight is 253 g/mol. The van der Waals surface area contributed by atoms with Gasteiger partial charge in [-0.1, -0.05) is 0 Å². The molecule has 5 heteroatoms. The molecule has 0 saturated carbocycles. The molecule has 1 aliphatic rings. The lowest BCUT2D eigenvalue weighted by Gasteiger charge is -2.22. The molecular formula is C13H16FNO3. The number of carbonyl (C=O) groups excluding carboxylic acids is 1. The van der Waals surface area contributed by atoms with Gasteiger partial charge in [-0.2, -0.15) is 0 Å². The van der Waals surface area contributed by atoms with Crippen molar-refractivity contribution < 1.29 is 19.0 Å². The Morgan fingerprint density at radius 3 is 3.06 bits per heavy atom. The van der Waals surface area contributed by atoms with E-state index in [1.807, 2.05) is 6.92 Å². The van der Waals surface area contributed by atoms with Crippen molar-refractivity contribution in [2.24, 2.45) is 0 Å². The molecule has 0 radical (unpaired) electrons. The van der Waals surface area contributed by atoms with Gasteiger partial charge in [0.1, 0.15) is 11.6 Å². The first-order chi connectivity index (χ1) is 8.65. The summed E-state index contributed by atoms with van der Waals surface area (Å²) in [6, 6.07) is 4.25. The minimum atomic E-state index is -0.603. The molecule has 0 saturated heterocycles. The van der Waals surface area contributed by atoms with E-state index in [1.54, 1.807) is 6.07 Å². The summed E-state index contributed by atoms with van der Waals surface area (Å²) >= 11 is 0. The number of ether oxygens (including phenoxy) is 1. The number of aliphatic hydroxyl groups excluding tert-OH is 1. The van der Waals surface area contributed by atoms with E-state index in [0.29, 0.717) is 30.8 Å². The molecule has 0 spiro atoms. The van der Waals surface area contributed by atoms with Crippen molar-refractivity contribution in [3.8, 4) is 5.75 Å². The van der Waals surface area contributed by atoms with Gasteiger partial charge in [-0.25, -0.2) is 4.39 Å². The smallest absolute Gasteiger partial charge is 0.264 e. The predicted molar refractivity (Wildman–Crippen MR) is 63.9 cm³/mol. The third-order valence-corrected chi connectivity index (χ3v) is 3.04. The maximum Gasteiger partial charge on any atom is 0.264 e. The summed E-state index contributed by atoms with van der Waals surface area (Å²) in [7, 11) is 0. The van der Waals surface area contributed by atoms with E-state index in [-0.39, 0.29) is 18.3 Å². The zero-order valence-corrected chi connectivity index (χ0v) is 10.2. The molecule has 1 aromatic rings. The number of rotatable bonds is 4. The Kier molecular flexibility index (Phi) is 3.81. The molecule has 0 aromatic heterocycles. The molecule has 1 N–H and O–H groups in total. The van der Waals surface area contributed by atoms with Gasteiger partial charge in [0.15, 0.2) is 6.10 Å². The van der Waals surface area contributed by atoms with Crippen molar-refractivity contribution in [3.63, 3.8) is 0 Å². The molecule has 1 unspecified atom stereocenters. The van der Waals surface area contributed by atoms with E-state index in [1.165, 1.54) is 17.0 Å². The van der Waals surface area contributed by atoms with Gasteiger partial charge in [0.2, 0.25) is 0 Å². The van der Waals surface area contributed by atoms with Crippen molar-refractivity contribution >= 4 is 5.91 Å². The van der Waals surface area contributed by atoms with Crippen molar-refractivity contribution in [3.05, 3.63) is 29.6 Å². The van der Waals surface area contributed by atoms with Gasteiger partial charge >= 0.3 is 0 Å². The number of carbonyl (C=O) groups is 1. The van der Waals surface area contributed by atoms with Gasteiger partial charge in [0.25, 0.3) is 5.91 Å².